The van der Waals surface area contributed by atoms with Crippen LogP contribution in [0.2, 0.25) is 0 Å². The van der Waals surface area contributed by atoms with Crippen LogP contribution >= 0.6 is 0 Å². The Morgan fingerprint density at radius 1 is 1.12 bits per heavy atom. The van der Waals surface area contributed by atoms with Gasteiger partial charge in [0.15, 0.2) is 0 Å². The predicted octanol–water partition coefficient (Wildman–Crippen LogP) is 3.49. The van der Waals surface area contributed by atoms with Crippen molar-refractivity contribution in [3.8, 4) is 0 Å². The van der Waals surface area contributed by atoms with E-state index in [9.17, 15) is 0 Å². The average Bonchev–Trinajstić information content (AvgIpc) is 2.31. The van der Waals surface area contributed by atoms with E-state index in [0.717, 1.165) is 12.8 Å². The Labute approximate surface area is 104 Å². The van der Waals surface area contributed by atoms with Crippen LogP contribution in [0.4, 0.5) is 0 Å². The zero-order chi connectivity index (χ0) is 12.1. The first-order valence-corrected chi connectivity index (χ1v) is 6.58. The van der Waals surface area contributed by atoms with Gasteiger partial charge in [-0.05, 0) is 41.7 Å². The van der Waals surface area contributed by atoms with Crippen molar-refractivity contribution in [2.45, 2.75) is 44.1 Å². The number of hydrogen-bond acceptors (Lipinski definition) is 1. The third-order valence-corrected chi connectivity index (χ3v) is 4.69. The molecule has 1 aromatic rings. The second kappa shape index (κ2) is 3.46. The third-order valence-electron chi connectivity index (χ3n) is 4.69. The van der Waals surface area contributed by atoms with Crippen molar-refractivity contribution in [3.05, 3.63) is 47.5 Å². The van der Waals surface area contributed by atoms with Gasteiger partial charge in [-0.1, -0.05) is 50.3 Å². The van der Waals surface area contributed by atoms with Gasteiger partial charge in [0.25, 0.3) is 0 Å². The molecular formula is C16H21N. The maximum absolute atomic E-state index is 6.75. The Hall–Kier alpha value is -1.08. The van der Waals surface area contributed by atoms with Crippen molar-refractivity contribution in [1.82, 2.24) is 0 Å². The minimum atomic E-state index is -0.124. The zero-order valence-corrected chi connectivity index (χ0v) is 10.7. The van der Waals surface area contributed by atoms with Gasteiger partial charge in [-0.25, -0.2) is 0 Å². The summed E-state index contributed by atoms with van der Waals surface area (Å²) >= 11 is 0. The van der Waals surface area contributed by atoms with Crippen LogP contribution < -0.4 is 5.73 Å². The Morgan fingerprint density at radius 3 is 2.59 bits per heavy atom. The van der Waals surface area contributed by atoms with E-state index in [1.54, 1.807) is 0 Å². The lowest BCUT2D eigenvalue weighted by Crippen LogP contribution is -2.51. The van der Waals surface area contributed by atoms with Crippen LogP contribution in [0, 0.1) is 5.92 Å². The second-order valence-electron chi connectivity index (χ2n) is 6.28. The molecule has 17 heavy (non-hydrogen) atoms. The number of allylic oxidation sites excluding steroid dienone is 1. The van der Waals surface area contributed by atoms with Crippen molar-refractivity contribution in [2.75, 3.05) is 0 Å². The van der Waals surface area contributed by atoms with E-state index in [-0.39, 0.29) is 11.0 Å². The second-order valence-corrected chi connectivity index (χ2v) is 6.28. The molecule has 1 heteroatoms. The van der Waals surface area contributed by atoms with E-state index in [4.69, 9.17) is 5.73 Å². The van der Waals surface area contributed by atoms with Crippen LogP contribution in [-0.4, -0.2) is 0 Å². The van der Waals surface area contributed by atoms with Gasteiger partial charge in [0.05, 0.1) is 0 Å². The van der Waals surface area contributed by atoms with Gasteiger partial charge in [-0.2, -0.15) is 0 Å². The van der Waals surface area contributed by atoms with E-state index < -0.39 is 0 Å². The molecule has 2 unspecified atom stereocenters. The molecule has 0 aromatic heterocycles. The molecular weight excluding hydrogens is 206 g/mol. The topological polar surface area (TPSA) is 26.0 Å². The van der Waals surface area contributed by atoms with Gasteiger partial charge in [0.2, 0.25) is 0 Å². The molecule has 3 rings (SSSR count). The number of benzene rings is 1. The predicted molar refractivity (Wildman–Crippen MR) is 71.8 cm³/mol. The molecule has 2 aliphatic rings. The number of fused-ring (bicyclic) bond motifs is 3. The number of nitrogens with two attached hydrogens (primary N) is 1. The van der Waals surface area contributed by atoms with E-state index in [1.165, 1.54) is 17.5 Å². The van der Waals surface area contributed by atoms with Crippen LogP contribution in [0.3, 0.4) is 0 Å². The molecule has 0 saturated carbocycles. The highest BCUT2D eigenvalue weighted by Gasteiger charge is 2.46. The summed E-state index contributed by atoms with van der Waals surface area (Å²) in [6.07, 6.45) is 7.88. The molecule has 0 heterocycles. The van der Waals surface area contributed by atoms with Crippen LogP contribution in [0.15, 0.2) is 36.4 Å². The standard InChI is InChI=1S/C16H21N/c1-15(2)11-12-7-5-6-10-16(12,17)14-9-4-3-8-13(14)15/h3-6,8-9,12H,7,10-11,17H2,1-2H3. The van der Waals surface area contributed by atoms with Crippen LogP contribution in [0.1, 0.15) is 44.2 Å². The normalized spacial score (nSPS) is 33.9. The minimum absolute atomic E-state index is 0.124. The zero-order valence-electron chi connectivity index (χ0n) is 10.7. The van der Waals surface area contributed by atoms with Crippen molar-refractivity contribution < 1.29 is 0 Å². The van der Waals surface area contributed by atoms with Crippen molar-refractivity contribution in [3.63, 3.8) is 0 Å². The van der Waals surface area contributed by atoms with Gasteiger partial charge in [-0.3, -0.25) is 0 Å². The highest BCUT2D eigenvalue weighted by Crippen LogP contribution is 2.50. The molecule has 0 bridgehead atoms. The summed E-state index contributed by atoms with van der Waals surface area (Å²) in [6.45, 7) is 4.70. The van der Waals surface area contributed by atoms with Gasteiger partial charge in [0, 0.05) is 5.54 Å². The van der Waals surface area contributed by atoms with Gasteiger partial charge in [0.1, 0.15) is 0 Å². The van der Waals surface area contributed by atoms with Gasteiger partial charge >= 0.3 is 0 Å². The molecule has 0 fully saturated rings. The lowest BCUT2D eigenvalue weighted by atomic mass is 9.57. The quantitative estimate of drug-likeness (QED) is 0.675. The molecule has 1 nitrogen and oxygen atoms in total. The molecule has 0 aliphatic heterocycles. The Bertz CT molecular complexity index is 472. The van der Waals surface area contributed by atoms with Crippen LogP contribution in [-0.2, 0) is 11.0 Å². The lowest BCUT2D eigenvalue weighted by Gasteiger charge is -2.50. The summed E-state index contributed by atoms with van der Waals surface area (Å²) in [5.74, 6) is 0.595. The van der Waals surface area contributed by atoms with Crippen molar-refractivity contribution in [1.29, 1.82) is 0 Å². The summed E-state index contributed by atoms with van der Waals surface area (Å²) in [5, 5.41) is 0. The molecule has 0 radical (unpaired) electrons. The molecule has 90 valence electrons. The van der Waals surface area contributed by atoms with Gasteiger partial charge < -0.3 is 5.73 Å². The number of hydrogen-bond donors (Lipinski definition) is 1. The van der Waals surface area contributed by atoms with E-state index in [0.29, 0.717) is 5.92 Å². The molecule has 0 amide bonds. The molecule has 0 spiro atoms. The SMILES string of the molecule is CC1(C)CC2CC=CCC2(N)c2ccccc21. The van der Waals surface area contributed by atoms with E-state index >= 15 is 0 Å². The molecule has 0 saturated heterocycles. The first-order valence-electron chi connectivity index (χ1n) is 6.58. The van der Waals surface area contributed by atoms with Crippen molar-refractivity contribution >= 4 is 0 Å². The fraction of sp³-hybridized carbons (Fsp3) is 0.500. The fourth-order valence-electron chi connectivity index (χ4n) is 3.72. The fourth-order valence-corrected chi connectivity index (χ4v) is 3.72. The maximum Gasteiger partial charge on any atom is 0.0479 e. The first kappa shape index (κ1) is 11.0. The maximum atomic E-state index is 6.75. The molecule has 2 aliphatic carbocycles. The Morgan fingerprint density at radius 2 is 1.82 bits per heavy atom. The summed E-state index contributed by atoms with van der Waals surface area (Å²) in [4.78, 5) is 0. The minimum Gasteiger partial charge on any atom is -0.321 e. The third kappa shape index (κ3) is 1.49. The largest absolute Gasteiger partial charge is 0.321 e. The van der Waals surface area contributed by atoms with Crippen LogP contribution in [0.5, 0.6) is 0 Å². The Kier molecular flexibility index (Phi) is 2.24. The lowest BCUT2D eigenvalue weighted by molar-refractivity contribution is 0.182. The summed E-state index contributed by atoms with van der Waals surface area (Å²) in [5.41, 5.74) is 9.71. The smallest absolute Gasteiger partial charge is 0.0479 e. The monoisotopic (exact) mass is 227 g/mol. The highest BCUT2D eigenvalue weighted by atomic mass is 14.8. The molecule has 2 N–H and O–H groups in total. The van der Waals surface area contributed by atoms with E-state index in [2.05, 4.69) is 50.3 Å². The number of rotatable bonds is 0. The van der Waals surface area contributed by atoms with E-state index in [1.807, 2.05) is 0 Å². The summed E-state index contributed by atoms with van der Waals surface area (Å²) in [7, 11) is 0. The first-order chi connectivity index (χ1) is 8.04. The van der Waals surface area contributed by atoms with Crippen molar-refractivity contribution in [2.24, 2.45) is 11.7 Å². The van der Waals surface area contributed by atoms with Crippen LogP contribution in [0.25, 0.3) is 0 Å². The highest BCUT2D eigenvalue weighted by molar-refractivity contribution is 5.43. The van der Waals surface area contributed by atoms with Gasteiger partial charge in [-0.15, -0.1) is 0 Å². The summed E-state index contributed by atoms with van der Waals surface area (Å²) in [6, 6.07) is 8.77. The Balaban J connectivity index is 2.21. The summed E-state index contributed by atoms with van der Waals surface area (Å²) < 4.78 is 0. The molecule has 1 aromatic carbocycles. The average molecular weight is 227 g/mol. The molecule has 2 atom stereocenters.